The fourth-order valence-electron chi connectivity index (χ4n) is 4.31. The molecule has 0 bridgehead atoms. The summed E-state index contributed by atoms with van der Waals surface area (Å²) in [4.78, 5) is 4.82. The summed E-state index contributed by atoms with van der Waals surface area (Å²) >= 11 is 0. The Morgan fingerprint density at radius 2 is 1.97 bits per heavy atom. The smallest absolute Gasteiger partial charge is 0.191 e. The van der Waals surface area contributed by atoms with Crippen LogP contribution in [0.15, 0.2) is 29.3 Å². The Labute approximate surface area is 213 Å². The summed E-state index contributed by atoms with van der Waals surface area (Å²) < 4.78 is 23.7. The van der Waals surface area contributed by atoms with E-state index in [4.69, 9.17) is 14.5 Å². The minimum Gasteiger partial charge on any atom is -0.381 e. The molecule has 6 nitrogen and oxygen atoms in total. The number of nitrogens with one attached hydrogen (secondary N) is 2. The largest absolute Gasteiger partial charge is 0.381 e. The van der Waals surface area contributed by atoms with Gasteiger partial charge in [-0.05, 0) is 50.2 Å². The third-order valence-electron chi connectivity index (χ3n) is 6.03. The molecule has 0 radical (unpaired) electrons. The molecule has 1 saturated carbocycles. The predicted molar refractivity (Wildman–Crippen MR) is 143 cm³/mol. The van der Waals surface area contributed by atoms with E-state index in [1.807, 2.05) is 6.92 Å². The van der Waals surface area contributed by atoms with E-state index >= 15 is 0 Å². The van der Waals surface area contributed by atoms with E-state index in [2.05, 4.69) is 41.8 Å². The molecule has 182 valence electrons. The highest BCUT2D eigenvalue weighted by atomic mass is 127. The van der Waals surface area contributed by atoms with Crippen LogP contribution in [0.1, 0.15) is 63.5 Å². The molecule has 1 aliphatic carbocycles. The van der Waals surface area contributed by atoms with Crippen molar-refractivity contribution in [3.63, 3.8) is 0 Å². The average Bonchev–Trinajstić information content (AvgIpc) is 2.82. The summed E-state index contributed by atoms with van der Waals surface area (Å²) in [5.74, 6) is 1.60. The van der Waals surface area contributed by atoms with Gasteiger partial charge in [-0.3, -0.25) is 4.21 Å². The van der Waals surface area contributed by atoms with Crippen LogP contribution in [-0.4, -0.2) is 53.1 Å². The minimum absolute atomic E-state index is 0. The van der Waals surface area contributed by atoms with Gasteiger partial charge in [-0.1, -0.05) is 37.6 Å². The molecule has 2 fully saturated rings. The standard InChI is InChI=1S/C24H39N3O3S.HI/c1-3-25-24(27-21-9-6-10-23(16-21)31(28)4-2)26-17-19-7-5-8-20(15-19)18-30-22-11-13-29-14-12-22;/h5,7-8,15,21-23H,3-4,6,9-14,16-18H2,1-2H3,(H2,25,26,27);1H. The quantitative estimate of drug-likeness (QED) is 0.263. The van der Waals surface area contributed by atoms with E-state index in [9.17, 15) is 4.21 Å². The first-order chi connectivity index (χ1) is 15.2. The lowest BCUT2D eigenvalue weighted by Gasteiger charge is -2.30. The normalized spacial score (nSPS) is 23.2. The zero-order valence-electron chi connectivity index (χ0n) is 19.5. The van der Waals surface area contributed by atoms with Crippen LogP contribution in [0.3, 0.4) is 0 Å². The molecule has 1 aliphatic heterocycles. The van der Waals surface area contributed by atoms with Gasteiger partial charge in [0.05, 0.1) is 19.3 Å². The van der Waals surface area contributed by atoms with Crippen LogP contribution in [0.4, 0.5) is 0 Å². The highest BCUT2D eigenvalue weighted by molar-refractivity contribution is 14.0. The van der Waals surface area contributed by atoms with Crippen molar-refractivity contribution in [1.29, 1.82) is 0 Å². The number of hydrogen-bond donors (Lipinski definition) is 2. The molecule has 1 aromatic rings. The van der Waals surface area contributed by atoms with E-state index in [1.54, 1.807) is 0 Å². The second kappa shape index (κ2) is 15.2. The van der Waals surface area contributed by atoms with Crippen molar-refractivity contribution < 1.29 is 13.7 Å². The van der Waals surface area contributed by atoms with Crippen molar-refractivity contribution >= 4 is 40.7 Å². The zero-order valence-corrected chi connectivity index (χ0v) is 22.7. The Hall–Kier alpha value is -0.710. The number of halogens is 1. The second-order valence-electron chi connectivity index (χ2n) is 8.44. The number of hydrogen-bond acceptors (Lipinski definition) is 4. The van der Waals surface area contributed by atoms with Crippen LogP contribution >= 0.6 is 24.0 Å². The summed E-state index contributed by atoms with van der Waals surface area (Å²) in [7, 11) is -0.712. The van der Waals surface area contributed by atoms with Crippen molar-refractivity contribution in [2.45, 2.75) is 82.9 Å². The molecule has 2 N–H and O–H groups in total. The van der Waals surface area contributed by atoms with Gasteiger partial charge in [-0.15, -0.1) is 24.0 Å². The number of rotatable bonds is 9. The number of aliphatic imine (C=N–C) groups is 1. The van der Waals surface area contributed by atoms with Gasteiger partial charge < -0.3 is 20.1 Å². The molecule has 0 amide bonds. The first-order valence-electron chi connectivity index (χ1n) is 11.9. The number of guanidine groups is 1. The molecule has 1 aromatic carbocycles. The van der Waals surface area contributed by atoms with E-state index < -0.39 is 10.8 Å². The Morgan fingerprint density at radius 3 is 2.72 bits per heavy atom. The fourth-order valence-corrected chi connectivity index (χ4v) is 5.66. The first kappa shape index (κ1) is 27.5. The third-order valence-corrected chi connectivity index (χ3v) is 7.77. The van der Waals surface area contributed by atoms with E-state index in [1.165, 1.54) is 11.1 Å². The lowest BCUT2D eigenvalue weighted by molar-refractivity contribution is -0.0390. The van der Waals surface area contributed by atoms with Crippen molar-refractivity contribution in [2.24, 2.45) is 4.99 Å². The molecule has 1 heterocycles. The van der Waals surface area contributed by atoms with Gasteiger partial charge in [-0.25, -0.2) is 4.99 Å². The van der Waals surface area contributed by atoms with Gasteiger partial charge in [-0.2, -0.15) is 0 Å². The number of ether oxygens (including phenoxy) is 2. The monoisotopic (exact) mass is 577 g/mol. The maximum absolute atomic E-state index is 12.2. The predicted octanol–water partition coefficient (Wildman–Crippen LogP) is 4.14. The lowest BCUT2D eigenvalue weighted by atomic mass is 9.95. The maximum Gasteiger partial charge on any atom is 0.191 e. The van der Waals surface area contributed by atoms with Crippen LogP contribution in [-0.2, 0) is 33.4 Å². The van der Waals surface area contributed by atoms with Gasteiger partial charge in [0.15, 0.2) is 5.96 Å². The van der Waals surface area contributed by atoms with Crippen LogP contribution in [0.25, 0.3) is 0 Å². The lowest BCUT2D eigenvalue weighted by Crippen LogP contribution is -2.46. The molecule has 2 aliphatic rings. The van der Waals surface area contributed by atoms with Gasteiger partial charge in [0.1, 0.15) is 0 Å². The Balaban J connectivity index is 0.00000363. The Bertz CT molecular complexity index is 728. The second-order valence-corrected chi connectivity index (χ2v) is 10.4. The summed E-state index contributed by atoms with van der Waals surface area (Å²) in [5, 5.41) is 7.27. The van der Waals surface area contributed by atoms with Crippen molar-refractivity contribution in [2.75, 3.05) is 25.5 Å². The number of nitrogens with zero attached hydrogens (tertiary/aromatic N) is 1. The molecule has 3 rings (SSSR count). The van der Waals surface area contributed by atoms with Crippen molar-refractivity contribution in [3.05, 3.63) is 35.4 Å². The van der Waals surface area contributed by atoms with Crippen molar-refractivity contribution in [3.8, 4) is 0 Å². The van der Waals surface area contributed by atoms with Crippen LogP contribution in [0.2, 0.25) is 0 Å². The fraction of sp³-hybridized carbons (Fsp3) is 0.708. The highest BCUT2D eigenvalue weighted by Gasteiger charge is 2.26. The maximum atomic E-state index is 12.2. The molecule has 3 unspecified atom stereocenters. The molecule has 32 heavy (non-hydrogen) atoms. The molecule has 3 atom stereocenters. The third kappa shape index (κ3) is 9.27. The summed E-state index contributed by atoms with van der Waals surface area (Å²) in [6.45, 7) is 7.78. The summed E-state index contributed by atoms with van der Waals surface area (Å²) in [5.41, 5.74) is 2.37. The van der Waals surface area contributed by atoms with E-state index in [-0.39, 0.29) is 24.0 Å². The van der Waals surface area contributed by atoms with E-state index in [0.29, 0.717) is 30.5 Å². The Morgan fingerprint density at radius 1 is 1.19 bits per heavy atom. The van der Waals surface area contributed by atoms with Gasteiger partial charge >= 0.3 is 0 Å². The molecular weight excluding hydrogens is 537 g/mol. The minimum atomic E-state index is -0.712. The molecule has 8 heteroatoms. The summed E-state index contributed by atoms with van der Waals surface area (Å²) in [6, 6.07) is 8.84. The number of benzene rings is 1. The molecular formula is C24H40IN3O3S. The molecule has 0 spiro atoms. The van der Waals surface area contributed by atoms with Gasteiger partial charge in [0, 0.05) is 47.6 Å². The SMILES string of the molecule is CCNC(=NCc1cccc(COC2CCOCC2)c1)NC1CCCC(S(=O)CC)C1.I. The van der Waals surface area contributed by atoms with E-state index in [0.717, 1.165) is 70.0 Å². The molecule has 1 saturated heterocycles. The first-order valence-corrected chi connectivity index (χ1v) is 13.2. The zero-order chi connectivity index (χ0) is 21.9. The summed E-state index contributed by atoms with van der Waals surface area (Å²) in [6.07, 6.45) is 6.55. The van der Waals surface area contributed by atoms with Gasteiger partial charge in [0.25, 0.3) is 0 Å². The topological polar surface area (TPSA) is 72.0 Å². The Kier molecular flexibility index (Phi) is 13.1. The highest BCUT2D eigenvalue weighted by Crippen LogP contribution is 2.23. The average molecular weight is 578 g/mol. The van der Waals surface area contributed by atoms with Crippen molar-refractivity contribution in [1.82, 2.24) is 10.6 Å². The van der Waals surface area contributed by atoms with Crippen LogP contribution < -0.4 is 10.6 Å². The van der Waals surface area contributed by atoms with Crippen LogP contribution in [0, 0.1) is 0 Å². The van der Waals surface area contributed by atoms with Crippen LogP contribution in [0.5, 0.6) is 0 Å². The molecule has 0 aromatic heterocycles. The van der Waals surface area contributed by atoms with Gasteiger partial charge in [0.2, 0.25) is 0 Å².